The van der Waals surface area contributed by atoms with Crippen LogP contribution in [0.2, 0.25) is 0 Å². The van der Waals surface area contributed by atoms with Crippen LogP contribution in [-0.2, 0) is 43.2 Å². The van der Waals surface area contributed by atoms with Gasteiger partial charge in [0, 0.05) is 38.1 Å². The second-order valence-electron chi connectivity index (χ2n) is 15.8. The number of hydrogen-bond acceptors (Lipinski definition) is 14. The second-order valence-corrected chi connectivity index (χ2v) is 19.3. The van der Waals surface area contributed by atoms with E-state index in [0.717, 1.165) is 21.6 Å². The van der Waals surface area contributed by atoms with Crippen molar-refractivity contribution in [3.8, 4) is 0 Å². The molecule has 2 aliphatic rings. The molecule has 17 N–H and O–H groups in total. The number of nitrogens with zero attached hydrogens (tertiary/aromatic N) is 3. The number of fused-ring (bicyclic) bond motifs is 1. The molecular weight excluding hydrogens is 907 g/mol. The van der Waals surface area contributed by atoms with Crippen LogP contribution in [0.1, 0.15) is 72.1 Å². The normalized spacial score (nSPS) is 24.8. The largest absolute Gasteiger partial charge is 0.370 e. The highest BCUT2D eigenvalue weighted by atomic mass is 33.1. The van der Waals surface area contributed by atoms with Gasteiger partial charge < -0.3 is 70.8 Å². The van der Waals surface area contributed by atoms with E-state index in [4.69, 9.17) is 28.7 Å². The molecule has 7 atom stereocenters. The van der Waals surface area contributed by atoms with Gasteiger partial charge in [0.1, 0.15) is 42.3 Å². The van der Waals surface area contributed by atoms with Crippen LogP contribution in [0.3, 0.4) is 0 Å². The molecule has 2 heterocycles. The van der Waals surface area contributed by atoms with E-state index in [2.05, 4.69) is 47.2 Å². The Bertz CT molecular complexity index is 1730. The maximum Gasteiger partial charge on any atom is 0.245 e. The van der Waals surface area contributed by atoms with Gasteiger partial charge in [-0.1, -0.05) is 35.4 Å². The van der Waals surface area contributed by atoms with Crippen molar-refractivity contribution in [2.24, 2.45) is 44.6 Å². The zero-order valence-electron chi connectivity index (χ0n) is 37.4. The van der Waals surface area contributed by atoms with Crippen LogP contribution in [-0.4, -0.2) is 162 Å². The predicted octanol–water partition coefficient (Wildman–Crippen LogP) is -4.19. The fraction of sp³-hybridized carbons (Fsp3) is 0.711. The van der Waals surface area contributed by atoms with Crippen molar-refractivity contribution < 1.29 is 43.2 Å². The van der Waals surface area contributed by atoms with Gasteiger partial charge in [-0.3, -0.25) is 53.1 Å². The van der Waals surface area contributed by atoms with Crippen LogP contribution in [0.4, 0.5) is 0 Å². The number of nitrogens with one attached hydrogen (secondary N) is 7. The summed E-state index contributed by atoms with van der Waals surface area (Å²) in [7, 11) is 2.16. The van der Waals surface area contributed by atoms with Crippen LogP contribution >= 0.6 is 33.3 Å². The number of hydrogen-bond donors (Lipinski definition) is 12. The van der Waals surface area contributed by atoms with Gasteiger partial charge in [0.15, 0.2) is 11.9 Å². The lowest BCUT2D eigenvalue weighted by Crippen LogP contribution is -2.60. The Morgan fingerprint density at radius 1 is 0.754 bits per heavy atom. The number of guanidine groups is 2. The molecule has 27 heteroatoms. The molecule has 0 bridgehead atoms. The van der Waals surface area contributed by atoms with Gasteiger partial charge in [-0.05, 0) is 69.3 Å². The van der Waals surface area contributed by atoms with E-state index in [1.807, 2.05) is 20.1 Å². The smallest absolute Gasteiger partial charge is 0.245 e. The molecule has 0 aliphatic carbocycles. The number of carbonyl (C=O) groups excluding carboxylic acids is 9. The first-order chi connectivity index (χ1) is 30.7. The van der Waals surface area contributed by atoms with Crippen molar-refractivity contribution in [3.63, 3.8) is 0 Å². The van der Waals surface area contributed by atoms with Gasteiger partial charge in [0.05, 0.1) is 6.54 Å². The molecule has 24 nitrogen and oxygen atoms in total. The van der Waals surface area contributed by atoms with Gasteiger partial charge >= 0.3 is 0 Å². The monoisotopic (exact) mass is 973 g/mol. The highest BCUT2D eigenvalue weighted by Crippen LogP contribution is 2.24. The third-order valence-electron chi connectivity index (χ3n) is 9.91. The lowest BCUT2D eigenvalue weighted by Gasteiger charge is -2.31. The molecule has 9 amide bonds. The highest BCUT2D eigenvalue weighted by molar-refractivity contribution is 8.76. The van der Waals surface area contributed by atoms with Crippen molar-refractivity contribution >= 4 is 98.4 Å². The third kappa shape index (κ3) is 21.1. The second kappa shape index (κ2) is 29.4. The average molecular weight is 974 g/mol. The van der Waals surface area contributed by atoms with Gasteiger partial charge in [-0.25, -0.2) is 0 Å². The van der Waals surface area contributed by atoms with Gasteiger partial charge in [-0.15, -0.1) is 0 Å². The SMILES string of the molecule is CSCC[C@@H]1NC(=O)[C@@H]2CCCN2C(=O)[C@H](CCCN=C(N)N)NC(=O)[C@H](CC(C)C)NC(=O)[C@H](CCCN=C(N)N)NC(=O)CNC(=O)[C@@H](NC(C)=O)CSSC[C@H](C(N)=O)NC1=O. The molecular formula is C38H67N15O9S3. The number of primary amides is 1. The Morgan fingerprint density at radius 2 is 1.31 bits per heavy atom. The zero-order valence-corrected chi connectivity index (χ0v) is 39.8. The maximum atomic E-state index is 14.4. The topological polar surface area (TPSA) is 396 Å². The fourth-order valence-electron chi connectivity index (χ4n) is 6.72. The van der Waals surface area contributed by atoms with Crippen LogP contribution in [0.5, 0.6) is 0 Å². The molecule has 2 aliphatic heterocycles. The molecule has 2 rings (SSSR count). The van der Waals surface area contributed by atoms with Crippen molar-refractivity contribution in [2.45, 2.75) is 114 Å². The van der Waals surface area contributed by atoms with Crippen molar-refractivity contribution in [1.82, 2.24) is 42.1 Å². The summed E-state index contributed by atoms with van der Waals surface area (Å²) >= 11 is 1.42. The van der Waals surface area contributed by atoms with Gasteiger partial charge in [0.2, 0.25) is 53.2 Å². The number of nitrogens with two attached hydrogens (primary N) is 5. The Balaban J connectivity index is 2.62. The highest BCUT2D eigenvalue weighted by Gasteiger charge is 2.40. The van der Waals surface area contributed by atoms with Gasteiger partial charge in [0.25, 0.3) is 0 Å². The van der Waals surface area contributed by atoms with Crippen LogP contribution < -0.4 is 65.9 Å². The van der Waals surface area contributed by atoms with Gasteiger partial charge in [-0.2, -0.15) is 11.8 Å². The van der Waals surface area contributed by atoms with Crippen LogP contribution in [0, 0.1) is 5.92 Å². The van der Waals surface area contributed by atoms with E-state index in [9.17, 15) is 43.2 Å². The molecule has 0 spiro atoms. The van der Waals surface area contributed by atoms with E-state index < -0.39 is 102 Å². The zero-order chi connectivity index (χ0) is 48.6. The van der Waals surface area contributed by atoms with E-state index in [-0.39, 0.29) is 93.9 Å². The summed E-state index contributed by atoms with van der Waals surface area (Å²) in [5.41, 5.74) is 27.6. The first-order valence-corrected chi connectivity index (χ1v) is 25.1. The number of aliphatic imine (C=N–C) groups is 2. The summed E-state index contributed by atoms with van der Waals surface area (Å²) in [6, 6.07) is -8.16. The fourth-order valence-corrected chi connectivity index (χ4v) is 9.53. The minimum absolute atomic E-state index is 0.00982. The Kier molecular flexibility index (Phi) is 25.3. The molecule has 366 valence electrons. The van der Waals surface area contributed by atoms with E-state index in [1.54, 1.807) is 0 Å². The molecule has 2 saturated heterocycles. The number of amides is 9. The minimum Gasteiger partial charge on any atom is -0.370 e. The number of carbonyl (C=O) groups is 9. The van der Waals surface area contributed by atoms with E-state index >= 15 is 0 Å². The average Bonchev–Trinajstić information content (AvgIpc) is 3.73. The molecule has 2 fully saturated rings. The summed E-state index contributed by atoms with van der Waals surface area (Å²) in [5, 5.41) is 18.4. The Morgan fingerprint density at radius 3 is 1.89 bits per heavy atom. The number of rotatable bonds is 15. The summed E-state index contributed by atoms with van der Waals surface area (Å²) in [4.78, 5) is 131. The lowest BCUT2D eigenvalue weighted by atomic mass is 10.0. The summed E-state index contributed by atoms with van der Waals surface area (Å²) < 4.78 is 0. The van der Waals surface area contributed by atoms with Crippen LogP contribution in [0.25, 0.3) is 0 Å². The Labute approximate surface area is 391 Å². The van der Waals surface area contributed by atoms with E-state index in [1.165, 1.54) is 23.6 Å². The number of thioether (sulfide) groups is 1. The summed E-state index contributed by atoms with van der Waals surface area (Å²) in [5.74, 6) is -6.43. The first kappa shape index (κ1) is 56.0. The van der Waals surface area contributed by atoms with E-state index in [0.29, 0.717) is 12.2 Å². The summed E-state index contributed by atoms with van der Waals surface area (Å²) in [6.07, 6.45) is 3.29. The first-order valence-electron chi connectivity index (χ1n) is 21.2. The van der Waals surface area contributed by atoms with Crippen molar-refractivity contribution in [1.29, 1.82) is 0 Å². The maximum absolute atomic E-state index is 14.4. The molecule has 0 aromatic carbocycles. The molecule has 65 heavy (non-hydrogen) atoms. The minimum atomic E-state index is -1.24. The molecule has 0 aromatic heterocycles. The Hall–Kier alpha value is -5.18. The quantitative estimate of drug-likeness (QED) is 0.0320. The molecule has 0 radical (unpaired) electrons. The van der Waals surface area contributed by atoms with Crippen molar-refractivity contribution in [2.75, 3.05) is 49.7 Å². The van der Waals surface area contributed by atoms with Crippen molar-refractivity contribution in [3.05, 3.63) is 0 Å². The molecule has 0 saturated carbocycles. The predicted molar refractivity (Wildman–Crippen MR) is 251 cm³/mol. The van der Waals surface area contributed by atoms with Crippen LogP contribution in [0.15, 0.2) is 9.98 Å². The molecule has 0 aromatic rings. The lowest BCUT2D eigenvalue weighted by molar-refractivity contribution is -0.142. The summed E-state index contributed by atoms with van der Waals surface area (Å²) in [6.45, 7) is 4.62. The standard InChI is InChI=1S/C38H67N15O9S3/c1-20(2)16-25-34(60)50-24(9-6-13-45-38(42)43)36(62)53-14-7-10-28(53)35(61)49-23(11-15-63-4)33(59)52-26(30(39)56)18-64-65-19-27(47-21(3)54)31(57)46-17-29(55)48-22(32(58)51-25)8-5-12-44-37(40)41/h20,22-28H,5-19H2,1-4H3,(H2,39,56)(H,46,57)(H,47,54)(H,48,55)(H,49,61)(H,50,60)(H,51,58)(H,52,59)(H4,40,41,44)(H4,42,43,45)/t22-,23-,24-,25-,26+,27-,28-/m0/s1. The molecule has 0 unspecified atom stereocenters. The third-order valence-corrected chi connectivity index (χ3v) is 13.0.